The number of nitrogens with one attached hydrogen (secondary N) is 1. The third-order valence-corrected chi connectivity index (χ3v) is 5.69. The Labute approximate surface area is 180 Å². The number of carbonyl (C=O) groups excluding carboxylic acids is 2. The van der Waals surface area contributed by atoms with Gasteiger partial charge in [-0.05, 0) is 30.7 Å². The van der Waals surface area contributed by atoms with Crippen molar-refractivity contribution in [2.45, 2.75) is 31.7 Å². The Kier molecular flexibility index (Phi) is 6.74. The van der Waals surface area contributed by atoms with E-state index in [2.05, 4.69) is 10.3 Å². The number of hydrogen-bond donors (Lipinski definition) is 3. The smallest absolute Gasteiger partial charge is 0.243 e. The molecule has 0 aliphatic rings. The highest BCUT2D eigenvalue weighted by atomic mass is 35.5. The number of imidazole rings is 1. The second-order valence-electron chi connectivity index (χ2n) is 7.35. The molecule has 1 unspecified atom stereocenters. The molecular weight excluding hydrogens is 402 g/mol. The average molecular weight is 428 g/mol. The minimum Gasteiger partial charge on any atom is -0.368 e. The number of pyridine rings is 1. The second-order valence-corrected chi connectivity index (χ2v) is 7.73. The summed E-state index contributed by atoms with van der Waals surface area (Å²) in [6, 6.07) is 15.0. The van der Waals surface area contributed by atoms with Gasteiger partial charge in [-0.2, -0.15) is 0 Å². The first kappa shape index (κ1) is 21.8. The number of benzene rings is 1. The fourth-order valence-corrected chi connectivity index (χ4v) is 3.94. The van der Waals surface area contributed by atoms with Gasteiger partial charge in [0, 0.05) is 25.0 Å². The molecule has 7 nitrogen and oxygen atoms in total. The summed E-state index contributed by atoms with van der Waals surface area (Å²) in [5, 5.41) is 3.38. The number of amides is 2. The highest BCUT2D eigenvalue weighted by molar-refractivity contribution is 6.29. The van der Waals surface area contributed by atoms with Crippen molar-refractivity contribution in [3.05, 3.63) is 71.1 Å². The zero-order valence-electron chi connectivity index (χ0n) is 16.8. The first-order chi connectivity index (χ1) is 14.4. The van der Waals surface area contributed by atoms with Gasteiger partial charge in [0.05, 0.1) is 5.69 Å². The maximum absolute atomic E-state index is 12.8. The Hall–Kier alpha value is -2.90. The number of rotatable bonds is 9. The third kappa shape index (κ3) is 4.47. The lowest BCUT2D eigenvalue weighted by Crippen LogP contribution is -2.65. The van der Waals surface area contributed by atoms with Crippen molar-refractivity contribution in [1.29, 1.82) is 0 Å². The molecule has 2 aromatic heterocycles. The predicted molar refractivity (Wildman–Crippen MR) is 117 cm³/mol. The van der Waals surface area contributed by atoms with Gasteiger partial charge in [-0.3, -0.25) is 14.0 Å². The number of halogens is 1. The molecular formula is C22H26ClN5O2. The van der Waals surface area contributed by atoms with Gasteiger partial charge in [0.1, 0.15) is 16.3 Å². The summed E-state index contributed by atoms with van der Waals surface area (Å²) in [6.07, 6.45) is 2.57. The zero-order valence-corrected chi connectivity index (χ0v) is 17.6. The Balaban J connectivity index is 2.05. The second kappa shape index (κ2) is 9.28. The Morgan fingerprint density at radius 1 is 1.20 bits per heavy atom. The van der Waals surface area contributed by atoms with Gasteiger partial charge < -0.3 is 16.8 Å². The van der Waals surface area contributed by atoms with E-state index in [9.17, 15) is 9.59 Å². The third-order valence-electron chi connectivity index (χ3n) is 5.38. The number of hydrogen-bond acceptors (Lipinski definition) is 4. The molecule has 2 amide bonds. The van der Waals surface area contributed by atoms with E-state index in [1.807, 2.05) is 36.4 Å². The summed E-state index contributed by atoms with van der Waals surface area (Å²) in [7, 11) is 0. The minimum atomic E-state index is -1.39. The van der Waals surface area contributed by atoms with Gasteiger partial charge in [0.2, 0.25) is 11.8 Å². The minimum absolute atomic E-state index is 0.112. The fourth-order valence-electron chi connectivity index (χ4n) is 3.73. The topological polar surface area (TPSA) is 116 Å². The first-order valence-electron chi connectivity index (χ1n) is 9.87. The molecule has 2 atom stereocenters. The molecule has 0 bridgehead atoms. The van der Waals surface area contributed by atoms with E-state index in [4.69, 9.17) is 23.1 Å². The molecule has 1 aromatic carbocycles. The number of primary amides is 1. The molecule has 2 heterocycles. The van der Waals surface area contributed by atoms with Crippen LogP contribution in [0.3, 0.4) is 0 Å². The van der Waals surface area contributed by atoms with E-state index in [1.54, 1.807) is 29.7 Å². The lowest BCUT2D eigenvalue weighted by Gasteiger charge is -2.38. The van der Waals surface area contributed by atoms with Crippen molar-refractivity contribution in [2.24, 2.45) is 17.4 Å². The van der Waals surface area contributed by atoms with Crippen LogP contribution in [0.1, 0.15) is 24.6 Å². The van der Waals surface area contributed by atoms with Crippen LogP contribution in [-0.2, 0) is 22.4 Å². The summed E-state index contributed by atoms with van der Waals surface area (Å²) in [5.74, 6) is -1.34. The van der Waals surface area contributed by atoms with E-state index in [-0.39, 0.29) is 25.3 Å². The van der Waals surface area contributed by atoms with E-state index in [0.29, 0.717) is 22.9 Å². The van der Waals surface area contributed by atoms with E-state index in [0.717, 1.165) is 5.56 Å². The molecule has 0 saturated heterocycles. The van der Waals surface area contributed by atoms with Crippen LogP contribution in [0.5, 0.6) is 0 Å². The molecule has 0 radical (unpaired) electrons. The molecule has 5 N–H and O–H groups in total. The van der Waals surface area contributed by atoms with Gasteiger partial charge in [-0.25, -0.2) is 4.98 Å². The molecule has 30 heavy (non-hydrogen) atoms. The standard InChI is InChI=1S/C22H26ClN5O2/c1-2-20(29)27-22(21(25)30,16(13-24)11-15-7-4-3-5-8-15)12-17-14-28-18(23)9-6-10-19(28)26-17/h3-10,14,16H,2,11-13,24H2,1H3,(H2,25,30)(H,27,29)/t16-,22?/m0/s1. The van der Waals surface area contributed by atoms with Crippen LogP contribution < -0.4 is 16.8 Å². The van der Waals surface area contributed by atoms with Crippen LogP contribution in [0.4, 0.5) is 0 Å². The Morgan fingerprint density at radius 3 is 2.53 bits per heavy atom. The molecule has 3 aromatic rings. The summed E-state index contributed by atoms with van der Waals surface area (Å²) in [6.45, 7) is 1.89. The molecule has 8 heteroatoms. The molecule has 3 rings (SSSR count). The highest BCUT2D eigenvalue weighted by Crippen LogP contribution is 2.27. The van der Waals surface area contributed by atoms with Crippen LogP contribution in [0.25, 0.3) is 5.65 Å². The van der Waals surface area contributed by atoms with Crippen molar-refractivity contribution in [3.8, 4) is 0 Å². The quantitative estimate of drug-likeness (QED) is 0.453. The highest BCUT2D eigenvalue weighted by Gasteiger charge is 2.45. The summed E-state index contributed by atoms with van der Waals surface area (Å²) < 4.78 is 1.72. The van der Waals surface area contributed by atoms with Crippen molar-refractivity contribution >= 4 is 29.1 Å². The van der Waals surface area contributed by atoms with Crippen molar-refractivity contribution in [2.75, 3.05) is 6.54 Å². The SMILES string of the molecule is CCC(=O)NC(Cc1cn2c(Cl)cccc2n1)(C(N)=O)[C@H](CN)Cc1ccccc1. The van der Waals surface area contributed by atoms with Gasteiger partial charge in [0.15, 0.2) is 0 Å². The summed E-state index contributed by atoms with van der Waals surface area (Å²) in [5.41, 5.74) is 12.9. The largest absolute Gasteiger partial charge is 0.368 e. The van der Waals surface area contributed by atoms with Crippen LogP contribution >= 0.6 is 11.6 Å². The maximum Gasteiger partial charge on any atom is 0.243 e. The number of nitrogens with two attached hydrogens (primary N) is 2. The summed E-state index contributed by atoms with van der Waals surface area (Å²) in [4.78, 5) is 29.8. The van der Waals surface area contributed by atoms with Gasteiger partial charge >= 0.3 is 0 Å². The molecule has 0 fully saturated rings. The number of carbonyl (C=O) groups is 2. The van der Waals surface area contributed by atoms with Crippen molar-refractivity contribution < 1.29 is 9.59 Å². The van der Waals surface area contributed by atoms with E-state index in [1.165, 1.54) is 0 Å². The van der Waals surface area contributed by atoms with Crippen LogP contribution in [0.2, 0.25) is 5.15 Å². The molecule has 0 aliphatic carbocycles. The van der Waals surface area contributed by atoms with Crippen molar-refractivity contribution in [1.82, 2.24) is 14.7 Å². The lowest BCUT2D eigenvalue weighted by atomic mass is 9.76. The molecule has 0 aliphatic heterocycles. The van der Waals surface area contributed by atoms with Gasteiger partial charge in [-0.1, -0.05) is 54.9 Å². The molecule has 158 valence electrons. The number of nitrogens with zero attached hydrogens (tertiary/aromatic N) is 2. The normalized spacial score (nSPS) is 14.2. The average Bonchev–Trinajstić information content (AvgIpc) is 3.15. The first-order valence-corrected chi connectivity index (χ1v) is 10.2. The Morgan fingerprint density at radius 2 is 1.93 bits per heavy atom. The van der Waals surface area contributed by atoms with Gasteiger partial charge in [0.25, 0.3) is 0 Å². The fraction of sp³-hybridized carbons (Fsp3) is 0.318. The van der Waals surface area contributed by atoms with Crippen LogP contribution in [-0.4, -0.2) is 33.3 Å². The number of aromatic nitrogens is 2. The predicted octanol–water partition coefficient (Wildman–Crippen LogP) is 2.10. The molecule has 0 saturated carbocycles. The van der Waals surface area contributed by atoms with Gasteiger partial charge in [-0.15, -0.1) is 0 Å². The lowest BCUT2D eigenvalue weighted by molar-refractivity contribution is -0.133. The van der Waals surface area contributed by atoms with Crippen LogP contribution in [0, 0.1) is 5.92 Å². The molecule has 0 spiro atoms. The zero-order chi connectivity index (χ0) is 21.7. The Bertz CT molecular complexity index is 1040. The monoisotopic (exact) mass is 427 g/mol. The van der Waals surface area contributed by atoms with Crippen LogP contribution in [0.15, 0.2) is 54.7 Å². The number of fused-ring (bicyclic) bond motifs is 1. The van der Waals surface area contributed by atoms with Crippen molar-refractivity contribution in [3.63, 3.8) is 0 Å². The maximum atomic E-state index is 12.8. The van der Waals surface area contributed by atoms with E-state index >= 15 is 0 Å². The summed E-state index contributed by atoms with van der Waals surface area (Å²) >= 11 is 6.25. The van der Waals surface area contributed by atoms with E-state index < -0.39 is 17.4 Å².